The normalized spacial score (nSPS) is 10.8. The predicted octanol–water partition coefficient (Wildman–Crippen LogP) is 6.04. The van der Waals surface area contributed by atoms with E-state index < -0.39 is 0 Å². The molecule has 140 valence electrons. The summed E-state index contributed by atoms with van der Waals surface area (Å²) in [5.41, 5.74) is 2.99. The van der Waals surface area contributed by atoms with E-state index >= 15 is 0 Å². The molecule has 27 heavy (non-hydrogen) atoms. The van der Waals surface area contributed by atoms with Crippen LogP contribution in [0.4, 0.5) is 4.39 Å². The number of hydrogen-bond donors (Lipinski definition) is 1. The Hall–Kier alpha value is -2.07. The molecule has 5 heteroatoms. The molecule has 0 amide bonds. The number of hydrogen-bond acceptors (Lipinski definition) is 2. The second-order valence-corrected chi connectivity index (χ2v) is 7.03. The number of halogens is 3. The molecule has 3 rings (SSSR count). The molecule has 3 aromatic carbocycles. The Bertz CT molecular complexity index is 887. The van der Waals surface area contributed by atoms with Gasteiger partial charge in [-0.25, -0.2) is 4.39 Å². The van der Waals surface area contributed by atoms with Crippen LogP contribution in [0.2, 0.25) is 10.0 Å². The third-order valence-electron chi connectivity index (χ3n) is 4.17. The SMILES string of the molecule is Fc1ccc(COc2ccc(Cl)cc2CNCCc2ccccc2)c(Cl)c1. The molecule has 0 saturated carbocycles. The summed E-state index contributed by atoms with van der Waals surface area (Å²) in [4.78, 5) is 0. The molecule has 0 fully saturated rings. The Morgan fingerprint density at radius 3 is 2.48 bits per heavy atom. The molecule has 1 N–H and O–H groups in total. The van der Waals surface area contributed by atoms with E-state index in [1.165, 1.54) is 17.7 Å². The first-order valence-corrected chi connectivity index (χ1v) is 9.47. The average Bonchev–Trinajstić information content (AvgIpc) is 2.66. The predicted molar refractivity (Wildman–Crippen MR) is 109 cm³/mol. The van der Waals surface area contributed by atoms with Crippen LogP contribution in [-0.2, 0) is 19.6 Å². The summed E-state index contributed by atoms with van der Waals surface area (Å²) in [5, 5.41) is 4.43. The van der Waals surface area contributed by atoms with E-state index in [1.807, 2.05) is 30.3 Å². The molecule has 0 aliphatic rings. The molecule has 0 heterocycles. The van der Waals surface area contributed by atoms with Crippen LogP contribution in [0.25, 0.3) is 0 Å². The van der Waals surface area contributed by atoms with Gasteiger partial charge in [-0.05, 0) is 48.9 Å². The van der Waals surface area contributed by atoms with Crippen LogP contribution in [0, 0.1) is 5.82 Å². The summed E-state index contributed by atoms with van der Waals surface area (Å²) >= 11 is 12.2. The summed E-state index contributed by atoms with van der Waals surface area (Å²) in [7, 11) is 0. The molecular weight excluding hydrogens is 384 g/mol. The van der Waals surface area contributed by atoms with Crippen LogP contribution in [0.5, 0.6) is 5.75 Å². The average molecular weight is 404 g/mol. The monoisotopic (exact) mass is 403 g/mol. The lowest BCUT2D eigenvalue weighted by atomic mass is 10.1. The van der Waals surface area contributed by atoms with Gasteiger partial charge in [0.15, 0.2) is 0 Å². The summed E-state index contributed by atoms with van der Waals surface area (Å²) in [5.74, 6) is 0.366. The number of rotatable bonds is 8. The minimum Gasteiger partial charge on any atom is -0.489 e. The maximum atomic E-state index is 13.2. The third-order valence-corrected chi connectivity index (χ3v) is 4.76. The molecule has 0 spiro atoms. The largest absolute Gasteiger partial charge is 0.489 e. The molecule has 0 radical (unpaired) electrons. The third kappa shape index (κ3) is 5.96. The van der Waals surface area contributed by atoms with E-state index in [2.05, 4.69) is 17.4 Å². The number of benzene rings is 3. The Labute approximate surface area is 168 Å². The van der Waals surface area contributed by atoms with E-state index in [0.717, 1.165) is 29.8 Å². The van der Waals surface area contributed by atoms with Gasteiger partial charge in [-0.15, -0.1) is 0 Å². The van der Waals surface area contributed by atoms with E-state index in [1.54, 1.807) is 12.1 Å². The maximum Gasteiger partial charge on any atom is 0.124 e. The van der Waals surface area contributed by atoms with Crippen molar-refractivity contribution in [2.24, 2.45) is 0 Å². The Morgan fingerprint density at radius 2 is 1.70 bits per heavy atom. The summed E-state index contributed by atoms with van der Waals surface area (Å²) in [6.07, 6.45) is 0.947. The molecule has 0 aromatic heterocycles. The van der Waals surface area contributed by atoms with Gasteiger partial charge in [0.1, 0.15) is 18.2 Å². The van der Waals surface area contributed by atoms with E-state index in [0.29, 0.717) is 16.6 Å². The number of ether oxygens (including phenoxy) is 1. The van der Waals surface area contributed by atoms with Crippen molar-refractivity contribution in [1.29, 1.82) is 0 Å². The highest BCUT2D eigenvalue weighted by Gasteiger charge is 2.08. The number of nitrogens with one attached hydrogen (secondary N) is 1. The lowest BCUT2D eigenvalue weighted by Crippen LogP contribution is -2.17. The second kappa shape index (κ2) is 9.75. The molecule has 3 aromatic rings. The zero-order valence-corrected chi connectivity index (χ0v) is 16.2. The Balaban J connectivity index is 1.59. The van der Waals surface area contributed by atoms with Gasteiger partial charge in [-0.3, -0.25) is 0 Å². The van der Waals surface area contributed by atoms with E-state index in [-0.39, 0.29) is 12.4 Å². The van der Waals surface area contributed by atoms with E-state index in [9.17, 15) is 4.39 Å². The first-order chi connectivity index (χ1) is 13.1. The van der Waals surface area contributed by atoms with Crippen LogP contribution < -0.4 is 10.1 Å². The van der Waals surface area contributed by atoms with E-state index in [4.69, 9.17) is 27.9 Å². The summed E-state index contributed by atoms with van der Waals surface area (Å²) in [6.45, 7) is 1.75. The smallest absolute Gasteiger partial charge is 0.124 e. The quantitative estimate of drug-likeness (QED) is 0.462. The fourth-order valence-electron chi connectivity index (χ4n) is 2.72. The van der Waals surface area contributed by atoms with Crippen molar-refractivity contribution in [2.75, 3.05) is 6.54 Å². The van der Waals surface area contributed by atoms with Gasteiger partial charge in [0.2, 0.25) is 0 Å². The first-order valence-electron chi connectivity index (χ1n) is 8.71. The van der Waals surface area contributed by atoms with Crippen LogP contribution in [0.1, 0.15) is 16.7 Å². The molecule has 0 atom stereocenters. The van der Waals surface area contributed by atoms with Gasteiger partial charge in [0.25, 0.3) is 0 Å². The Kier molecular flexibility index (Phi) is 7.11. The van der Waals surface area contributed by atoms with Gasteiger partial charge in [-0.1, -0.05) is 59.6 Å². The van der Waals surface area contributed by atoms with Crippen LogP contribution >= 0.6 is 23.2 Å². The fourth-order valence-corrected chi connectivity index (χ4v) is 3.14. The standard InChI is InChI=1S/C22H20Cl2FNO/c23-19-7-9-22(27-15-17-6-8-20(25)13-21(17)24)18(12-19)14-26-11-10-16-4-2-1-3-5-16/h1-9,12-13,26H,10-11,14-15H2. The molecule has 0 aliphatic heterocycles. The van der Waals surface area contributed by atoms with Gasteiger partial charge in [-0.2, -0.15) is 0 Å². The highest BCUT2D eigenvalue weighted by atomic mass is 35.5. The van der Waals surface area contributed by atoms with Gasteiger partial charge in [0, 0.05) is 22.7 Å². The van der Waals surface area contributed by atoms with Gasteiger partial charge >= 0.3 is 0 Å². The van der Waals surface area contributed by atoms with Gasteiger partial charge < -0.3 is 10.1 Å². The lowest BCUT2D eigenvalue weighted by molar-refractivity contribution is 0.302. The maximum absolute atomic E-state index is 13.2. The van der Waals surface area contributed by atoms with Crippen molar-refractivity contribution in [3.8, 4) is 5.75 Å². The zero-order valence-electron chi connectivity index (χ0n) is 14.7. The molecule has 0 bridgehead atoms. The van der Waals surface area contributed by atoms with Crippen molar-refractivity contribution in [2.45, 2.75) is 19.6 Å². The van der Waals surface area contributed by atoms with Crippen molar-refractivity contribution in [3.63, 3.8) is 0 Å². The van der Waals surface area contributed by atoms with Crippen molar-refractivity contribution in [1.82, 2.24) is 5.32 Å². The minimum absolute atomic E-state index is 0.262. The molecule has 0 saturated heterocycles. The molecule has 2 nitrogen and oxygen atoms in total. The topological polar surface area (TPSA) is 21.3 Å². The minimum atomic E-state index is -0.362. The summed E-state index contributed by atoms with van der Waals surface area (Å²) < 4.78 is 19.1. The van der Waals surface area contributed by atoms with Crippen LogP contribution in [-0.4, -0.2) is 6.54 Å². The van der Waals surface area contributed by atoms with Crippen molar-refractivity contribution < 1.29 is 9.13 Å². The van der Waals surface area contributed by atoms with Crippen LogP contribution in [0.15, 0.2) is 66.7 Å². The first kappa shape index (κ1) is 19.7. The van der Waals surface area contributed by atoms with Crippen molar-refractivity contribution >= 4 is 23.2 Å². The van der Waals surface area contributed by atoms with Crippen LogP contribution in [0.3, 0.4) is 0 Å². The highest BCUT2D eigenvalue weighted by molar-refractivity contribution is 6.31. The summed E-state index contributed by atoms with van der Waals surface area (Å²) in [6, 6.07) is 20.1. The molecule has 0 aliphatic carbocycles. The molecular formula is C22H20Cl2FNO. The lowest BCUT2D eigenvalue weighted by Gasteiger charge is -2.14. The second-order valence-electron chi connectivity index (χ2n) is 6.19. The fraction of sp³-hybridized carbons (Fsp3) is 0.182. The Morgan fingerprint density at radius 1 is 0.889 bits per heavy atom. The molecule has 0 unspecified atom stereocenters. The van der Waals surface area contributed by atoms with Crippen molar-refractivity contribution in [3.05, 3.63) is 99.3 Å². The zero-order chi connectivity index (χ0) is 19.1. The van der Waals surface area contributed by atoms with Gasteiger partial charge in [0.05, 0.1) is 5.02 Å². The highest BCUT2D eigenvalue weighted by Crippen LogP contribution is 2.25.